The van der Waals surface area contributed by atoms with Crippen LogP contribution in [0.1, 0.15) is 13.3 Å². The SMILES string of the molecule is CCOC(=O)CCSc1cc(N)c([N+](=O)[O-])cc1N. The number of ether oxygens (including phenoxy) is 1. The molecule has 0 unspecified atom stereocenters. The third-order valence-corrected chi connectivity index (χ3v) is 3.30. The molecule has 0 aliphatic heterocycles. The molecule has 0 atom stereocenters. The number of nitro benzene ring substituents is 1. The number of hydrogen-bond acceptors (Lipinski definition) is 7. The van der Waals surface area contributed by atoms with Crippen LogP contribution in [0.2, 0.25) is 0 Å². The molecule has 0 amide bonds. The van der Waals surface area contributed by atoms with E-state index < -0.39 is 4.92 Å². The molecule has 0 radical (unpaired) electrons. The molecule has 1 rings (SSSR count). The average Bonchev–Trinajstić information content (AvgIpc) is 2.33. The van der Waals surface area contributed by atoms with Gasteiger partial charge in [-0.1, -0.05) is 0 Å². The van der Waals surface area contributed by atoms with E-state index in [1.165, 1.54) is 23.9 Å². The number of hydrogen-bond donors (Lipinski definition) is 2. The highest BCUT2D eigenvalue weighted by Crippen LogP contribution is 2.33. The van der Waals surface area contributed by atoms with Crippen LogP contribution in [-0.4, -0.2) is 23.3 Å². The second kappa shape index (κ2) is 6.83. The van der Waals surface area contributed by atoms with Crippen LogP contribution >= 0.6 is 11.8 Å². The zero-order valence-corrected chi connectivity index (χ0v) is 11.2. The number of nitrogens with two attached hydrogens (primary N) is 2. The zero-order chi connectivity index (χ0) is 14.4. The molecule has 19 heavy (non-hydrogen) atoms. The highest BCUT2D eigenvalue weighted by atomic mass is 32.2. The van der Waals surface area contributed by atoms with Gasteiger partial charge in [0.05, 0.1) is 23.6 Å². The maximum Gasteiger partial charge on any atom is 0.306 e. The summed E-state index contributed by atoms with van der Waals surface area (Å²) in [5, 5.41) is 10.7. The summed E-state index contributed by atoms with van der Waals surface area (Å²) >= 11 is 1.31. The van der Waals surface area contributed by atoms with Crippen molar-refractivity contribution in [2.24, 2.45) is 0 Å². The number of anilines is 2. The molecule has 0 aliphatic rings. The molecule has 0 saturated heterocycles. The van der Waals surface area contributed by atoms with E-state index in [4.69, 9.17) is 16.2 Å². The van der Waals surface area contributed by atoms with Gasteiger partial charge in [-0.05, 0) is 13.0 Å². The maximum absolute atomic E-state index is 11.1. The van der Waals surface area contributed by atoms with Crippen molar-refractivity contribution in [3.63, 3.8) is 0 Å². The third kappa shape index (κ3) is 4.32. The van der Waals surface area contributed by atoms with Gasteiger partial charge in [-0.25, -0.2) is 0 Å². The number of rotatable bonds is 6. The van der Waals surface area contributed by atoms with Crippen LogP contribution in [0.25, 0.3) is 0 Å². The number of esters is 1. The first kappa shape index (κ1) is 15.1. The van der Waals surface area contributed by atoms with Crippen molar-refractivity contribution in [1.29, 1.82) is 0 Å². The molecule has 104 valence electrons. The van der Waals surface area contributed by atoms with Crippen LogP contribution in [0.3, 0.4) is 0 Å². The summed E-state index contributed by atoms with van der Waals surface area (Å²) in [7, 11) is 0. The van der Waals surface area contributed by atoms with Gasteiger partial charge in [0, 0.05) is 16.7 Å². The van der Waals surface area contributed by atoms with Crippen LogP contribution in [0.4, 0.5) is 17.1 Å². The molecular formula is C11H15N3O4S. The lowest BCUT2D eigenvalue weighted by molar-refractivity contribution is -0.383. The highest BCUT2D eigenvalue weighted by Gasteiger charge is 2.15. The first-order valence-electron chi connectivity index (χ1n) is 5.57. The van der Waals surface area contributed by atoms with Crippen molar-refractivity contribution >= 4 is 34.8 Å². The summed E-state index contributed by atoms with van der Waals surface area (Å²) < 4.78 is 4.79. The molecule has 7 nitrogen and oxygen atoms in total. The van der Waals surface area contributed by atoms with E-state index in [0.717, 1.165) is 0 Å². The smallest absolute Gasteiger partial charge is 0.306 e. The van der Waals surface area contributed by atoms with Gasteiger partial charge < -0.3 is 16.2 Å². The Morgan fingerprint density at radius 3 is 2.68 bits per heavy atom. The number of carbonyl (C=O) groups excluding carboxylic acids is 1. The van der Waals surface area contributed by atoms with Crippen LogP contribution in [0.15, 0.2) is 17.0 Å². The lowest BCUT2D eigenvalue weighted by Gasteiger charge is -2.07. The molecule has 8 heteroatoms. The minimum atomic E-state index is -0.585. The van der Waals surface area contributed by atoms with Gasteiger partial charge in [-0.2, -0.15) is 0 Å². The predicted molar refractivity (Wildman–Crippen MR) is 73.9 cm³/mol. The first-order chi connectivity index (χ1) is 8.95. The molecule has 0 fully saturated rings. The normalized spacial score (nSPS) is 10.2. The number of carbonyl (C=O) groups is 1. The summed E-state index contributed by atoms with van der Waals surface area (Å²) in [4.78, 5) is 21.8. The van der Waals surface area contributed by atoms with Crippen molar-refractivity contribution in [3.05, 3.63) is 22.2 Å². The van der Waals surface area contributed by atoms with E-state index in [2.05, 4.69) is 0 Å². The van der Waals surface area contributed by atoms with Crippen LogP contribution in [0, 0.1) is 10.1 Å². The standard InChI is InChI=1S/C11H15N3O4S/c1-2-18-11(15)3-4-19-10-6-7(12)9(14(16)17)5-8(10)13/h5-6H,2-4,12-13H2,1H3. The third-order valence-electron chi connectivity index (χ3n) is 2.22. The number of thioether (sulfide) groups is 1. The lowest BCUT2D eigenvalue weighted by atomic mass is 10.2. The summed E-state index contributed by atoms with van der Waals surface area (Å²) in [6.07, 6.45) is 0.245. The Kier molecular flexibility index (Phi) is 5.43. The summed E-state index contributed by atoms with van der Waals surface area (Å²) in [5.41, 5.74) is 11.4. The van der Waals surface area contributed by atoms with Gasteiger partial charge in [0.25, 0.3) is 5.69 Å². The number of nitrogens with zero attached hydrogens (tertiary/aromatic N) is 1. The van der Waals surface area contributed by atoms with Crippen molar-refractivity contribution in [2.45, 2.75) is 18.2 Å². The van der Waals surface area contributed by atoms with E-state index in [0.29, 0.717) is 17.3 Å². The van der Waals surface area contributed by atoms with Gasteiger partial charge >= 0.3 is 5.97 Å². The molecule has 4 N–H and O–H groups in total. The quantitative estimate of drug-likeness (QED) is 0.268. The Labute approximate surface area is 114 Å². The molecule has 1 aromatic carbocycles. The summed E-state index contributed by atoms with van der Waals surface area (Å²) in [5.74, 6) is 0.184. The Morgan fingerprint density at radius 2 is 2.11 bits per heavy atom. The fourth-order valence-corrected chi connectivity index (χ4v) is 2.29. The Bertz CT molecular complexity index is 493. The van der Waals surface area contributed by atoms with Crippen LogP contribution in [0.5, 0.6) is 0 Å². The second-order valence-corrected chi connectivity index (χ2v) is 4.75. The predicted octanol–water partition coefficient (Wildman–Crippen LogP) is 1.80. The van der Waals surface area contributed by atoms with Gasteiger partial charge in [-0.15, -0.1) is 11.8 Å². The van der Waals surface area contributed by atoms with E-state index in [9.17, 15) is 14.9 Å². The molecule has 0 spiro atoms. The van der Waals surface area contributed by atoms with Gasteiger partial charge in [-0.3, -0.25) is 14.9 Å². The highest BCUT2D eigenvalue weighted by molar-refractivity contribution is 7.99. The maximum atomic E-state index is 11.1. The molecule has 1 aromatic rings. The van der Waals surface area contributed by atoms with Crippen LogP contribution < -0.4 is 11.5 Å². The largest absolute Gasteiger partial charge is 0.466 e. The molecule has 0 heterocycles. The minimum Gasteiger partial charge on any atom is -0.466 e. The number of nitrogen functional groups attached to an aromatic ring is 2. The number of nitro groups is 1. The van der Waals surface area contributed by atoms with Crippen molar-refractivity contribution < 1.29 is 14.5 Å². The van der Waals surface area contributed by atoms with Crippen molar-refractivity contribution in [3.8, 4) is 0 Å². The summed E-state index contributed by atoms with van der Waals surface area (Å²) in [6.45, 7) is 2.08. The van der Waals surface area contributed by atoms with Crippen molar-refractivity contribution in [1.82, 2.24) is 0 Å². The first-order valence-corrected chi connectivity index (χ1v) is 6.56. The molecule has 0 aliphatic carbocycles. The number of benzene rings is 1. The average molecular weight is 285 g/mol. The van der Waals surface area contributed by atoms with Crippen LogP contribution in [-0.2, 0) is 9.53 Å². The molecule has 0 saturated carbocycles. The van der Waals surface area contributed by atoms with Gasteiger partial charge in [0.1, 0.15) is 5.69 Å². The van der Waals surface area contributed by atoms with E-state index >= 15 is 0 Å². The fourth-order valence-electron chi connectivity index (χ4n) is 1.36. The van der Waals surface area contributed by atoms with E-state index in [1.54, 1.807) is 6.92 Å². The summed E-state index contributed by atoms with van der Waals surface area (Å²) in [6, 6.07) is 2.67. The Morgan fingerprint density at radius 1 is 1.42 bits per heavy atom. The Hall–Kier alpha value is -1.96. The van der Waals surface area contributed by atoms with E-state index in [1.807, 2.05) is 0 Å². The Balaban J connectivity index is 2.67. The second-order valence-electron chi connectivity index (χ2n) is 3.61. The molecule has 0 aromatic heterocycles. The monoisotopic (exact) mass is 285 g/mol. The molecular weight excluding hydrogens is 270 g/mol. The molecule has 0 bridgehead atoms. The van der Waals surface area contributed by atoms with E-state index in [-0.39, 0.29) is 29.5 Å². The fraction of sp³-hybridized carbons (Fsp3) is 0.364. The van der Waals surface area contributed by atoms with Gasteiger partial charge in [0.2, 0.25) is 0 Å². The van der Waals surface area contributed by atoms with Gasteiger partial charge in [0.15, 0.2) is 0 Å². The van der Waals surface area contributed by atoms with Crippen molar-refractivity contribution in [2.75, 3.05) is 23.8 Å². The minimum absolute atomic E-state index is 0.0536. The zero-order valence-electron chi connectivity index (χ0n) is 10.4. The topological polar surface area (TPSA) is 121 Å². The lowest BCUT2D eigenvalue weighted by Crippen LogP contribution is -2.05.